The number of carbonyl (C=O) groups excluding carboxylic acids is 2. The molecule has 1 aliphatic heterocycles. The molecular weight excluding hydrogens is 633 g/mol. The van der Waals surface area contributed by atoms with Crippen molar-refractivity contribution in [2.24, 2.45) is 28.1 Å². The molecule has 0 bridgehead atoms. The molecule has 0 radical (unpaired) electrons. The van der Waals surface area contributed by atoms with Gasteiger partial charge in [0.05, 0.1) is 11.9 Å². The van der Waals surface area contributed by atoms with Crippen molar-refractivity contribution in [1.29, 1.82) is 0 Å². The molecular formula is C43H70N6O2. The summed E-state index contributed by atoms with van der Waals surface area (Å²) >= 11 is 0. The maximum Gasteiger partial charge on any atom is 0.246 e. The predicted octanol–water partition coefficient (Wildman–Crippen LogP) is 6.91. The summed E-state index contributed by atoms with van der Waals surface area (Å²) in [6.07, 6.45) is 15.3. The second-order valence-electron chi connectivity index (χ2n) is 17.6. The van der Waals surface area contributed by atoms with Crippen LogP contribution in [0.25, 0.3) is 0 Å². The fourth-order valence-corrected chi connectivity index (χ4v) is 8.45. The predicted molar refractivity (Wildman–Crippen MR) is 213 cm³/mol. The Morgan fingerprint density at radius 1 is 0.980 bits per heavy atom. The lowest BCUT2D eigenvalue weighted by Gasteiger charge is -2.44. The SMILES string of the molecule is C#CCCC(NC(=O)C1C2[C@H](CN1C(=O)C(NC(=C)NC(CCC(=C)NC(C)C)C(C)(C)C)C1(C)CCCCC1)C2(C)C)C(=C)C(=C)NCC=C. The highest BCUT2D eigenvalue weighted by Gasteiger charge is 2.70. The van der Waals surface area contributed by atoms with Crippen LogP contribution in [0.4, 0.5) is 0 Å². The molecule has 0 aromatic carbocycles. The maximum atomic E-state index is 15.0. The minimum Gasteiger partial charge on any atom is -0.387 e. The first-order chi connectivity index (χ1) is 23.8. The number of nitrogens with one attached hydrogen (secondary N) is 5. The highest BCUT2D eigenvalue weighted by Crippen LogP contribution is 2.65. The molecule has 2 saturated carbocycles. The van der Waals surface area contributed by atoms with Crippen LogP contribution in [0.15, 0.2) is 61.8 Å². The van der Waals surface area contributed by atoms with Gasteiger partial charge in [0.25, 0.3) is 0 Å². The van der Waals surface area contributed by atoms with Crippen molar-refractivity contribution in [2.45, 2.75) is 143 Å². The second-order valence-corrected chi connectivity index (χ2v) is 17.6. The van der Waals surface area contributed by atoms with Crippen LogP contribution in [-0.4, -0.2) is 60.0 Å². The van der Waals surface area contributed by atoms with Gasteiger partial charge in [0.15, 0.2) is 0 Å². The Labute approximate surface area is 310 Å². The number of amides is 2. The van der Waals surface area contributed by atoms with E-state index in [1.165, 1.54) is 6.42 Å². The molecule has 8 nitrogen and oxygen atoms in total. The molecule has 5 unspecified atom stereocenters. The number of likely N-dealkylation sites (tertiary alicyclic amines) is 1. The van der Waals surface area contributed by atoms with E-state index in [9.17, 15) is 4.79 Å². The van der Waals surface area contributed by atoms with Crippen molar-refractivity contribution in [3.63, 3.8) is 0 Å². The number of fused-ring (bicyclic) bond motifs is 1. The Morgan fingerprint density at radius 2 is 1.63 bits per heavy atom. The molecule has 3 rings (SSSR count). The van der Waals surface area contributed by atoms with Crippen LogP contribution in [0.2, 0.25) is 0 Å². The van der Waals surface area contributed by atoms with E-state index in [1.807, 2.05) is 4.90 Å². The molecule has 1 heterocycles. The quantitative estimate of drug-likeness (QED) is 0.0538. The third kappa shape index (κ3) is 10.5. The summed E-state index contributed by atoms with van der Waals surface area (Å²) in [6.45, 7) is 39.5. The van der Waals surface area contributed by atoms with Gasteiger partial charge in [0, 0.05) is 43.0 Å². The third-order valence-electron chi connectivity index (χ3n) is 11.8. The highest BCUT2D eigenvalue weighted by atomic mass is 16.2. The summed E-state index contributed by atoms with van der Waals surface area (Å²) in [5.74, 6) is 3.49. The average molecular weight is 703 g/mol. The summed E-state index contributed by atoms with van der Waals surface area (Å²) in [5.41, 5.74) is 1.95. The van der Waals surface area contributed by atoms with E-state index in [2.05, 4.69) is 121 Å². The average Bonchev–Trinajstić information content (AvgIpc) is 3.35. The molecule has 3 fully saturated rings. The zero-order valence-corrected chi connectivity index (χ0v) is 33.3. The minimum atomic E-state index is -0.590. The van der Waals surface area contributed by atoms with Crippen molar-refractivity contribution in [2.75, 3.05) is 13.1 Å². The molecule has 3 aliphatic rings. The lowest BCUT2D eigenvalue weighted by Crippen LogP contribution is -2.61. The topological polar surface area (TPSA) is 97.5 Å². The van der Waals surface area contributed by atoms with Crippen LogP contribution >= 0.6 is 0 Å². The van der Waals surface area contributed by atoms with E-state index in [4.69, 9.17) is 6.42 Å². The normalized spacial score (nSPS) is 23.4. The number of hydrogen-bond acceptors (Lipinski definition) is 6. The van der Waals surface area contributed by atoms with Crippen molar-refractivity contribution >= 4 is 11.8 Å². The molecule has 8 heteroatoms. The maximum absolute atomic E-state index is 15.0. The summed E-state index contributed by atoms with van der Waals surface area (Å²) in [6, 6.07) is -1.10. The number of terminal acetylenes is 1. The molecule has 0 spiro atoms. The summed E-state index contributed by atoms with van der Waals surface area (Å²) in [5, 5.41) is 17.2. The van der Waals surface area contributed by atoms with Crippen LogP contribution < -0.4 is 26.6 Å². The summed E-state index contributed by atoms with van der Waals surface area (Å²) in [7, 11) is 0. The first kappa shape index (κ1) is 41.8. The lowest BCUT2D eigenvalue weighted by molar-refractivity contribution is -0.145. The van der Waals surface area contributed by atoms with Gasteiger partial charge in [-0.25, -0.2) is 0 Å². The first-order valence-corrected chi connectivity index (χ1v) is 19.2. The van der Waals surface area contributed by atoms with Gasteiger partial charge in [-0.15, -0.1) is 18.9 Å². The first-order valence-electron chi connectivity index (χ1n) is 19.2. The monoisotopic (exact) mass is 703 g/mol. The number of carbonyl (C=O) groups is 2. The molecule has 6 atom stereocenters. The van der Waals surface area contributed by atoms with Gasteiger partial charge in [-0.2, -0.15) is 0 Å². The van der Waals surface area contributed by atoms with E-state index >= 15 is 4.79 Å². The molecule has 0 aromatic heterocycles. The van der Waals surface area contributed by atoms with Gasteiger partial charge in [0.1, 0.15) is 12.1 Å². The number of hydrogen-bond donors (Lipinski definition) is 5. The Bertz CT molecular complexity index is 1360. The summed E-state index contributed by atoms with van der Waals surface area (Å²) < 4.78 is 0. The lowest BCUT2D eigenvalue weighted by atomic mass is 9.70. The number of allylic oxidation sites excluding steroid dienone is 1. The molecule has 0 aromatic rings. The van der Waals surface area contributed by atoms with Gasteiger partial charge >= 0.3 is 0 Å². The van der Waals surface area contributed by atoms with Gasteiger partial charge in [0.2, 0.25) is 11.8 Å². The highest BCUT2D eigenvalue weighted by molar-refractivity contribution is 5.92. The van der Waals surface area contributed by atoms with E-state index in [0.717, 1.165) is 44.2 Å². The van der Waals surface area contributed by atoms with E-state index in [1.54, 1.807) is 6.08 Å². The number of rotatable bonds is 20. The Balaban J connectivity index is 1.88. The van der Waals surface area contributed by atoms with Crippen LogP contribution in [0.1, 0.15) is 113 Å². The Hall–Kier alpha value is -3.60. The fourth-order valence-electron chi connectivity index (χ4n) is 8.45. The molecule has 1 saturated heterocycles. The number of piperidine rings is 1. The van der Waals surface area contributed by atoms with Gasteiger partial charge < -0.3 is 31.5 Å². The van der Waals surface area contributed by atoms with Crippen molar-refractivity contribution < 1.29 is 9.59 Å². The fraction of sp³-hybridized carbons (Fsp3) is 0.674. The van der Waals surface area contributed by atoms with Crippen LogP contribution in [0.3, 0.4) is 0 Å². The standard InChI is InChI=1S/C43H70N6O2/c1-15-17-21-34(30(6)31(7)44-26-16-2)48-39(50)37-36-33(42(36,12)13)27-49(37)40(51)38(43(14)24-19-18-20-25-43)47-32(8)46-35(41(9,10)11)23-22-29(5)45-28(3)4/h1,16,28,33-38,44-47H,2,5-8,17-27H2,3-4,9-14H3,(H,48,50)/t33-,34?,35?,36?,37?,38?/m0/s1. The van der Waals surface area contributed by atoms with Gasteiger partial charge in [-0.1, -0.05) is 93.2 Å². The van der Waals surface area contributed by atoms with Crippen LogP contribution in [-0.2, 0) is 9.59 Å². The van der Waals surface area contributed by atoms with Crippen molar-refractivity contribution in [3.05, 3.63) is 61.8 Å². The largest absolute Gasteiger partial charge is 0.387 e. The Kier molecular flexibility index (Phi) is 14.2. The van der Waals surface area contributed by atoms with Crippen molar-refractivity contribution in [3.8, 4) is 12.3 Å². The zero-order chi connectivity index (χ0) is 38.3. The van der Waals surface area contributed by atoms with E-state index in [0.29, 0.717) is 49.1 Å². The smallest absolute Gasteiger partial charge is 0.246 e. The number of nitrogens with zero attached hydrogens (tertiary/aromatic N) is 1. The molecule has 2 aliphatic carbocycles. The molecule has 2 amide bonds. The van der Waals surface area contributed by atoms with Crippen molar-refractivity contribution in [1.82, 2.24) is 31.5 Å². The Morgan fingerprint density at radius 3 is 2.20 bits per heavy atom. The molecule has 284 valence electrons. The van der Waals surface area contributed by atoms with Gasteiger partial charge in [-0.05, 0) is 79.6 Å². The van der Waals surface area contributed by atoms with Crippen LogP contribution in [0.5, 0.6) is 0 Å². The minimum absolute atomic E-state index is 0.0246. The molecule has 51 heavy (non-hydrogen) atoms. The third-order valence-corrected chi connectivity index (χ3v) is 11.8. The van der Waals surface area contributed by atoms with E-state index in [-0.39, 0.29) is 45.9 Å². The molecule has 5 N–H and O–H groups in total. The van der Waals surface area contributed by atoms with Crippen LogP contribution in [0, 0.1) is 40.4 Å². The second kappa shape index (κ2) is 17.3. The summed E-state index contributed by atoms with van der Waals surface area (Å²) in [4.78, 5) is 31.3. The van der Waals surface area contributed by atoms with E-state index < -0.39 is 18.1 Å². The zero-order valence-electron chi connectivity index (χ0n) is 33.3. The van der Waals surface area contributed by atoms with Gasteiger partial charge in [-0.3, -0.25) is 9.59 Å².